The molecule has 0 N–H and O–H groups in total. The van der Waals surface area contributed by atoms with Crippen molar-refractivity contribution in [3.05, 3.63) is 148 Å². The molecule has 1 atom stereocenters. The highest BCUT2D eigenvalue weighted by atomic mass is 16.3. The van der Waals surface area contributed by atoms with Crippen LogP contribution in [0.4, 0.5) is 0 Å². The summed E-state index contributed by atoms with van der Waals surface area (Å²) in [5, 5.41) is 2.37. The van der Waals surface area contributed by atoms with Crippen molar-refractivity contribution in [2.45, 2.75) is 52.6 Å². The highest BCUT2D eigenvalue weighted by Crippen LogP contribution is 2.52. The van der Waals surface area contributed by atoms with Gasteiger partial charge in [0.1, 0.15) is 27.9 Å². The molecule has 0 bridgehead atoms. The SMILES string of the molecule is CC1=C(C)c2c(ccc3c2oc2c4c(ccc23)C2(c3ccccc3-c3cccc[n+]32)[n+]2cc(C(C)C)c(-c3ccccc3C)cc2-4)C1. The fourth-order valence-electron chi connectivity index (χ4n) is 9.01. The van der Waals surface area contributed by atoms with E-state index < -0.39 is 5.66 Å². The van der Waals surface area contributed by atoms with Crippen LogP contribution in [0.5, 0.6) is 0 Å². The van der Waals surface area contributed by atoms with Gasteiger partial charge >= 0.3 is 5.66 Å². The second kappa shape index (κ2) is 9.17. The molecule has 7 aromatic rings. The number of furan rings is 1. The van der Waals surface area contributed by atoms with Gasteiger partial charge in [0.15, 0.2) is 12.4 Å². The second-order valence-corrected chi connectivity index (χ2v) is 14.1. The van der Waals surface area contributed by atoms with Crippen LogP contribution < -0.4 is 9.13 Å². The molecule has 226 valence electrons. The summed E-state index contributed by atoms with van der Waals surface area (Å²) >= 11 is 0. The van der Waals surface area contributed by atoms with E-state index in [1.165, 1.54) is 88.9 Å². The van der Waals surface area contributed by atoms with Crippen LogP contribution in [0.15, 0.2) is 119 Å². The molecule has 0 saturated heterocycles. The Bertz CT molecular complexity index is 2520. The van der Waals surface area contributed by atoms with Gasteiger partial charge in [-0.2, -0.15) is 0 Å². The molecule has 1 aliphatic carbocycles. The Morgan fingerprint density at radius 2 is 1.38 bits per heavy atom. The first-order chi connectivity index (χ1) is 22.9. The average Bonchev–Trinajstić information content (AvgIpc) is 3.78. The van der Waals surface area contributed by atoms with Gasteiger partial charge in [0.05, 0.1) is 5.56 Å². The normalized spacial score (nSPS) is 17.1. The number of allylic oxidation sites excluding steroid dienone is 2. The maximum absolute atomic E-state index is 7.18. The number of hydrogen-bond acceptors (Lipinski definition) is 1. The lowest BCUT2D eigenvalue weighted by Crippen LogP contribution is -2.71. The summed E-state index contributed by atoms with van der Waals surface area (Å²) in [6.07, 6.45) is 5.71. The number of hydrogen-bond donors (Lipinski definition) is 0. The Morgan fingerprint density at radius 3 is 2.19 bits per heavy atom. The van der Waals surface area contributed by atoms with Crippen LogP contribution in [-0.2, 0) is 12.1 Å². The number of fused-ring (bicyclic) bond motifs is 16. The van der Waals surface area contributed by atoms with Gasteiger partial charge in [-0.25, -0.2) is 0 Å². The Labute approximate surface area is 275 Å². The molecule has 3 aromatic heterocycles. The quantitative estimate of drug-likeness (QED) is 0.179. The van der Waals surface area contributed by atoms with Crippen molar-refractivity contribution < 1.29 is 13.6 Å². The van der Waals surface area contributed by atoms with Gasteiger partial charge in [-0.1, -0.05) is 68.0 Å². The van der Waals surface area contributed by atoms with E-state index in [1.54, 1.807) is 0 Å². The van der Waals surface area contributed by atoms with Gasteiger partial charge in [-0.3, -0.25) is 0 Å². The number of rotatable bonds is 2. The summed E-state index contributed by atoms with van der Waals surface area (Å²) < 4.78 is 12.2. The van der Waals surface area contributed by atoms with Crippen LogP contribution in [0, 0.1) is 6.92 Å². The molecule has 1 unspecified atom stereocenters. The fourth-order valence-corrected chi connectivity index (χ4v) is 9.01. The zero-order valence-corrected chi connectivity index (χ0v) is 27.5. The molecule has 0 amide bonds. The first-order valence-corrected chi connectivity index (χ1v) is 16.9. The molecule has 3 heteroatoms. The smallest absolute Gasteiger partial charge is 0.417 e. The molecule has 5 heterocycles. The molecule has 0 saturated carbocycles. The number of aromatic nitrogens is 2. The summed E-state index contributed by atoms with van der Waals surface area (Å²) in [7, 11) is 0. The first kappa shape index (κ1) is 26.9. The van der Waals surface area contributed by atoms with Gasteiger partial charge in [-0.05, 0) is 91.3 Å². The van der Waals surface area contributed by atoms with E-state index in [1.807, 2.05) is 0 Å². The highest BCUT2D eigenvalue weighted by Gasteiger charge is 2.67. The molecule has 1 spiro atoms. The van der Waals surface area contributed by atoms with E-state index in [-0.39, 0.29) is 0 Å². The minimum atomic E-state index is -0.590. The minimum absolute atomic E-state index is 0.326. The minimum Gasteiger partial charge on any atom is -0.454 e. The average molecular weight is 609 g/mol. The zero-order chi connectivity index (χ0) is 31.8. The lowest BCUT2D eigenvalue weighted by molar-refractivity contribution is -0.955. The van der Waals surface area contributed by atoms with E-state index in [0.29, 0.717) is 5.92 Å². The second-order valence-electron chi connectivity index (χ2n) is 14.1. The van der Waals surface area contributed by atoms with Crippen LogP contribution in [0.25, 0.3) is 61.2 Å². The number of nitrogens with zero attached hydrogens (tertiary/aromatic N) is 2. The van der Waals surface area contributed by atoms with E-state index in [0.717, 1.165) is 17.6 Å². The van der Waals surface area contributed by atoms with Crippen molar-refractivity contribution >= 4 is 27.5 Å². The highest BCUT2D eigenvalue weighted by molar-refractivity contribution is 6.13. The molecule has 0 radical (unpaired) electrons. The van der Waals surface area contributed by atoms with E-state index in [4.69, 9.17) is 4.42 Å². The van der Waals surface area contributed by atoms with Gasteiger partial charge in [0.2, 0.25) is 11.4 Å². The number of benzene rings is 4. The van der Waals surface area contributed by atoms with Crippen LogP contribution in [-0.4, -0.2) is 0 Å². The largest absolute Gasteiger partial charge is 0.454 e. The van der Waals surface area contributed by atoms with Gasteiger partial charge in [-0.15, -0.1) is 9.13 Å². The van der Waals surface area contributed by atoms with Crippen molar-refractivity contribution in [2.75, 3.05) is 0 Å². The van der Waals surface area contributed by atoms with Crippen molar-refractivity contribution in [2.24, 2.45) is 0 Å². The Hall–Kier alpha value is -5.28. The zero-order valence-electron chi connectivity index (χ0n) is 27.5. The third-order valence-electron chi connectivity index (χ3n) is 11.3. The predicted octanol–water partition coefficient (Wildman–Crippen LogP) is 9.87. The van der Waals surface area contributed by atoms with Crippen LogP contribution in [0.1, 0.15) is 67.0 Å². The standard InChI is InChI=1S/C44H36N2O/c1-25(2)35-24-46-39(23-34(35)30-13-7-6-12-26(30)3)41-37(44(46)36-15-9-8-14-33(36)38-16-10-11-21-45(38)44)20-19-32-31-18-17-29-22-27(4)28(5)40(29)42(31)47-43(32)41/h6-21,23-25H,22H2,1-5H3/q+2. The fraction of sp³-hybridized carbons (Fsp3) is 0.182. The van der Waals surface area contributed by atoms with E-state index in [2.05, 4.69) is 153 Å². The lowest BCUT2D eigenvalue weighted by Gasteiger charge is -2.19. The Balaban J connectivity index is 1.41. The van der Waals surface area contributed by atoms with E-state index in [9.17, 15) is 0 Å². The number of pyridine rings is 2. The molecular weight excluding hydrogens is 572 g/mol. The van der Waals surface area contributed by atoms with E-state index >= 15 is 0 Å². The monoisotopic (exact) mass is 608 g/mol. The van der Waals surface area contributed by atoms with Crippen LogP contribution in [0.2, 0.25) is 0 Å². The van der Waals surface area contributed by atoms with Crippen molar-refractivity contribution in [1.29, 1.82) is 0 Å². The van der Waals surface area contributed by atoms with Gasteiger partial charge in [0, 0.05) is 40.1 Å². The molecule has 47 heavy (non-hydrogen) atoms. The molecule has 4 aromatic carbocycles. The third-order valence-corrected chi connectivity index (χ3v) is 11.3. The van der Waals surface area contributed by atoms with Crippen molar-refractivity contribution in [3.63, 3.8) is 0 Å². The molecule has 3 nitrogen and oxygen atoms in total. The van der Waals surface area contributed by atoms with Crippen molar-refractivity contribution in [1.82, 2.24) is 0 Å². The Kier molecular flexibility index (Phi) is 5.24. The van der Waals surface area contributed by atoms with Gasteiger partial charge < -0.3 is 4.42 Å². The first-order valence-electron chi connectivity index (χ1n) is 16.9. The predicted molar refractivity (Wildman–Crippen MR) is 189 cm³/mol. The summed E-state index contributed by atoms with van der Waals surface area (Å²) in [4.78, 5) is 0. The summed E-state index contributed by atoms with van der Waals surface area (Å²) in [5.41, 5.74) is 19.5. The molecular formula is C44H36N2O+2. The van der Waals surface area contributed by atoms with Crippen LogP contribution >= 0.6 is 0 Å². The topological polar surface area (TPSA) is 20.9 Å². The lowest BCUT2D eigenvalue weighted by atomic mass is 9.89. The van der Waals surface area contributed by atoms with Crippen molar-refractivity contribution in [3.8, 4) is 33.6 Å². The maximum atomic E-state index is 7.18. The Morgan fingerprint density at radius 1 is 0.660 bits per heavy atom. The maximum Gasteiger partial charge on any atom is 0.417 e. The number of aryl methyl sites for hydroxylation is 1. The molecule has 2 aliphatic heterocycles. The van der Waals surface area contributed by atoms with Crippen LogP contribution in [0.3, 0.4) is 0 Å². The summed E-state index contributed by atoms with van der Waals surface area (Å²) in [6, 6.07) is 36.1. The molecule has 0 fully saturated rings. The molecule has 3 aliphatic rings. The summed E-state index contributed by atoms with van der Waals surface area (Å²) in [6.45, 7) is 11.4. The van der Waals surface area contributed by atoms with Gasteiger partial charge in [0.25, 0.3) is 0 Å². The summed E-state index contributed by atoms with van der Waals surface area (Å²) in [5.74, 6) is 0.326. The molecule has 10 rings (SSSR count). The third kappa shape index (κ3) is 3.22.